The highest BCUT2D eigenvalue weighted by Crippen LogP contribution is 2.06. The van der Waals surface area contributed by atoms with Gasteiger partial charge in [-0.1, -0.05) is 30.3 Å². The molecule has 1 heterocycles. The second kappa shape index (κ2) is 4.75. The van der Waals surface area contributed by atoms with Gasteiger partial charge >= 0.3 is 0 Å². The van der Waals surface area contributed by atoms with E-state index >= 15 is 0 Å². The predicted octanol–water partition coefficient (Wildman–Crippen LogP) is 2.08. The minimum atomic E-state index is 0.604. The van der Waals surface area contributed by atoms with Crippen LogP contribution in [0.2, 0.25) is 0 Å². The lowest BCUT2D eigenvalue weighted by molar-refractivity contribution is 0.178. The summed E-state index contributed by atoms with van der Waals surface area (Å²) in [6.07, 6.45) is 3.67. The average molecular weight is 202 g/mol. The molecular formula is C12H14N2O. The van der Waals surface area contributed by atoms with Gasteiger partial charge in [0.1, 0.15) is 0 Å². The van der Waals surface area contributed by atoms with E-state index in [1.807, 2.05) is 30.7 Å². The average Bonchev–Trinajstić information content (AvgIpc) is 2.68. The van der Waals surface area contributed by atoms with Crippen LogP contribution in [-0.4, -0.2) is 16.7 Å². The highest BCUT2D eigenvalue weighted by Gasteiger charge is 2.01. The molecular weight excluding hydrogens is 188 g/mol. The fourth-order valence-electron chi connectivity index (χ4n) is 1.54. The number of rotatable bonds is 4. The van der Waals surface area contributed by atoms with Gasteiger partial charge in [-0.3, -0.25) is 0 Å². The van der Waals surface area contributed by atoms with Gasteiger partial charge in [0.2, 0.25) is 0 Å². The SMILES string of the molecule is COCc1cncn1Cc1ccccc1. The van der Waals surface area contributed by atoms with Crippen molar-refractivity contribution in [2.75, 3.05) is 7.11 Å². The lowest BCUT2D eigenvalue weighted by Gasteiger charge is -2.07. The first kappa shape index (κ1) is 9.93. The molecule has 0 atom stereocenters. The maximum absolute atomic E-state index is 5.10. The summed E-state index contributed by atoms with van der Waals surface area (Å²) in [6.45, 7) is 1.45. The topological polar surface area (TPSA) is 27.1 Å². The molecule has 0 unspecified atom stereocenters. The van der Waals surface area contributed by atoms with E-state index in [1.165, 1.54) is 5.56 Å². The number of ether oxygens (including phenoxy) is 1. The zero-order valence-corrected chi connectivity index (χ0v) is 8.76. The van der Waals surface area contributed by atoms with Crippen molar-refractivity contribution in [1.29, 1.82) is 0 Å². The largest absolute Gasteiger partial charge is 0.378 e. The molecule has 0 aliphatic rings. The second-order valence-electron chi connectivity index (χ2n) is 3.43. The molecule has 0 spiro atoms. The van der Waals surface area contributed by atoms with Crippen LogP contribution in [0.15, 0.2) is 42.9 Å². The second-order valence-corrected chi connectivity index (χ2v) is 3.43. The number of aromatic nitrogens is 2. The van der Waals surface area contributed by atoms with E-state index in [0.717, 1.165) is 12.2 Å². The summed E-state index contributed by atoms with van der Waals surface area (Å²) in [5.74, 6) is 0. The van der Waals surface area contributed by atoms with E-state index in [4.69, 9.17) is 4.74 Å². The summed E-state index contributed by atoms with van der Waals surface area (Å²) in [7, 11) is 1.69. The van der Waals surface area contributed by atoms with E-state index < -0.39 is 0 Å². The third-order valence-electron chi connectivity index (χ3n) is 2.29. The third kappa shape index (κ3) is 2.44. The third-order valence-corrected chi connectivity index (χ3v) is 2.29. The molecule has 0 saturated carbocycles. The normalized spacial score (nSPS) is 10.5. The first-order chi connectivity index (χ1) is 7.40. The Balaban J connectivity index is 2.14. The molecule has 1 aromatic heterocycles. The number of hydrogen-bond donors (Lipinski definition) is 0. The lowest BCUT2D eigenvalue weighted by atomic mass is 10.2. The molecule has 2 aromatic rings. The van der Waals surface area contributed by atoms with Crippen LogP contribution in [-0.2, 0) is 17.9 Å². The van der Waals surface area contributed by atoms with Crippen LogP contribution < -0.4 is 0 Å². The van der Waals surface area contributed by atoms with Crippen molar-refractivity contribution < 1.29 is 4.74 Å². The van der Waals surface area contributed by atoms with Gasteiger partial charge in [-0.15, -0.1) is 0 Å². The minimum absolute atomic E-state index is 0.604. The van der Waals surface area contributed by atoms with Crippen molar-refractivity contribution >= 4 is 0 Å². The maximum Gasteiger partial charge on any atom is 0.0952 e. The molecule has 3 nitrogen and oxygen atoms in total. The van der Waals surface area contributed by atoms with Gasteiger partial charge in [0.25, 0.3) is 0 Å². The highest BCUT2D eigenvalue weighted by molar-refractivity contribution is 5.16. The van der Waals surface area contributed by atoms with Gasteiger partial charge in [0, 0.05) is 13.7 Å². The van der Waals surface area contributed by atoms with Crippen molar-refractivity contribution in [3.05, 3.63) is 54.1 Å². The quantitative estimate of drug-likeness (QED) is 0.759. The van der Waals surface area contributed by atoms with E-state index in [9.17, 15) is 0 Å². The first-order valence-corrected chi connectivity index (χ1v) is 4.92. The number of benzene rings is 1. The van der Waals surface area contributed by atoms with Gasteiger partial charge < -0.3 is 9.30 Å². The molecule has 2 rings (SSSR count). The standard InChI is InChI=1S/C12H14N2O/c1-15-9-12-7-13-10-14(12)8-11-5-3-2-4-6-11/h2-7,10H,8-9H2,1H3. The minimum Gasteiger partial charge on any atom is -0.378 e. The van der Waals surface area contributed by atoms with Gasteiger partial charge in [0.05, 0.1) is 24.8 Å². The fourth-order valence-corrected chi connectivity index (χ4v) is 1.54. The van der Waals surface area contributed by atoms with Crippen LogP contribution in [0.4, 0.5) is 0 Å². The van der Waals surface area contributed by atoms with Crippen LogP contribution in [0.5, 0.6) is 0 Å². The Morgan fingerprint density at radius 1 is 1.27 bits per heavy atom. The van der Waals surface area contributed by atoms with Crippen LogP contribution >= 0.6 is 0 Å². The van der Waals surface area contributed by atoms with Gasteiger partial charge in [-0.2, -0.15) is 0 Å². The Kier molecular flexibility index (Phi) is 3.15. The molecule has 78 valence electrons. The summed E-state index contributed by atoms with van der Waals surface area (Å²) in [5.41, 5.74) is 2.37. The molecule has 0 amide bonds. The van der Waals surface area contributed by atoms with Gasteiger partial charge in [-0.25, -0.2) is 4.98 Å². The highest BCUT2D eigenvalue weighted by atomic mass is 16.5. The smallest absolute Gasteiger partial charge is 0.0952 e. The number of nitrogens with zero attached hydrogens (tertiary/aromatic N) is 2. The van der Waals surface area contributed by atoms with Crippen LogP contribution in [0.3, 0.4) is 0 Å². The van der Waals surface area contributed by atoms with Crippen molar-refractivity contribution in [2.45, 2.75) is 13.2 Å². The fraction of sp³-hybridized carbons (Fsp3) is 0.250. The Labute approximate surface area is 89.3 Å². The van der Waals surface area contributed by atoms with E-state index in [2.05, 4.69) is 21.7 Å². The molecule has 1 aromatic carbocycles. The van der Waals surface area contributed by atoms with Gasteiger partial charge in [0.15, 0.2) is 0 Å². The predicted molar refractivity (Wildman–Crippen MR) is 58.5 cm³/mol. The summed E-state index contributed by atoms with van der Waals surface area (Å²) < 4.78 is 7.20. The molecule has 3 heteroatoms. The summed E-state index contributed by atoms with van der Waals surface area (Å²) in [6, 6.07) is 10.3. The zero-order valence-electron chi connectivity index (χ0n) is 8.76. The van der Waals surface area contributed by atoms with Crippen LogP contribution in [0.1, 0.15) is 11.3 Å². The first-order valence-electron chi connectivity index (χ1n) is 4.92. The maximum atomic E-state index is 5.10. The lowest BCUT2D eigenvalue weighted by Crippen LogP contribution is -2.03. The summed E-state index contributed by atoms with van der Waals surface area (Å²) in [4.78, 5) is 4.12. The van der Waals surface area contributed by atoms with Crippen molar-refractivity contribution in [2.24, 2.45) is 0 Å². The molecule has 0 radical (unpaired) electrons. The molecule has 0 aliphatic heterocycles. The molecule has 15 heavy (non-hydrogen) atoms. The van der Waals surface area contributed by atoms with Crippen LogP contribution in [0.25, 0.3) is 0 Å². The van der Waals surface area contributed by atoms with Crippen LogP contribution in [0, 0.1) is 0 Å². The number of hydrogen-bond acceptors (Lipinski definition) is 2. The number of imidazole rings is 1. The van der Waals surface area contributed by atoms with E-state index in [-0.39, 0.29) is 0 Å². The molecule has 0 fully saturated rings. The van der Waals surface area contributed by atoms with Crippen molar-refractivity contribution in [3.8, 4) is 0 Å². The summed E-state index contributed by atoms with van der Waals surface area (Å²) >= 11 is 0. The monoisotopic (exact) mass is 202 g/mol. The Hall–Kier alpha value is -1.61. The Bertz CT molecular complexity index is 409. The molecule has 0 bridgehead atoms. The Morgan fingerprint density at radius 3 is 2.80 bits per heavy atom. The van der Waals surface area contributed by atoms with Gasteiger partial charge in [-0.05, 0) is 5.56 Å². The molecule has 0 N–H and O–H groups in total. The van der Waals surface area contributed by atoms with Crippen molar-refractivity contribution in [1.82, 2.24) is 9.55 Å². The molecule has 0 aliphatic carbocycles. The molecule has 0 saturated heterocycles. The Morgan fingerprint density at radius 2 is 2.07 bits per heavy atom. The zero-order chi connectivity index (χ0) is 10.5. The van der Waals surface area contributed by atoms with Crippen molar-refractivity contribution in [3.63, 3.8) is 0 Å². The van der Waals surface area contributed by atoms with E-state index in [1.54, 1.807) is 7.11 Å². The summed E-state index contributed by atoms with van der Waals surface area (Å²) in [5, 5.41) is 0. The van der Waals surface area contributed by atoms with E-state index in [0.29, 0.717) is 6.61 Å². The number of methoxy groups -OCH3 is 1.